The largest absolute Gasteiger partial charge is 0.424 e. The monoisotopic (exact) mass is 262 g/mol. The predicted octanol–water partition coefficient (Wildman–Crippen LogP) is 2.13. The third-order valence-corrected chi connectivity index (χ3v) is 2.56. The molecule has 2 aromatic rings. The van der Waals surface area contributed by atoms with Crippen molar-refractivity contribution in [3.8, 4) is 5.75 Å². The van der Waals surface area contributed by atoms with Crippen LogP contribution in [0.5, 0.6) is 5.75 Å². The molecule has 0 aliphatic heterocycles. The van der Waals surface area contributed by atoms with Gasteiger partial charge in [-0.3, -0.25) is 24.3 Å². The van der Waals surface area contributed by atoms with Crippen molar-refractivity contribution in [3.63, 3.8) is 0 Å². The number of rotatable bonds is 2. The van der Waals surface area contributed by atoms with Gasteiger partial charge in [0.25, 0.3) is 5.69 Å². The van der Waals surface area contributed by atoms with Gasteiger partial charge in [0.2, 0.25) is 5.91 Å². The topological polar surface area (TPSA) is 91.4 Å². The Balaban J connectivity index is 2.72. The number of hydrogen-bond donors (Lipinski definition) is 0. The fourth-order valence-corrected chi connectivity index (χ4v) is 1.80. The van der Waals surface area contributed by atoms with Crippen LogP contribution in [0.4, 0.5) is 5.69 Å². The van der Waals surface area contributed by atoms with Gasteiger partial charge >= 0.3 is 5.97 Å². The summed E-state index contributed by atoms with van der Waals surface area (Å²) >= 11 is 0. The highest BCUT2D eigenvalue weighted by molar-refractivity contribution is 5.97. The second kappa shape index (κ2) is 4.52. The van der Waals surface area contributed by atoms with E-state index >= 15 is 0 Å². The van der Waals surface area contributed by atoms with Crippen molar-refractivity contribution < 1.29 is 19.2 Å². The van der Waals surface area contributed by atoms with E-state index in [-0.39, 0.29) is 17.3 Å². The highest BCUT2D eigenvalue weighted by atomic mass is 16.6. The molecule has 1 aromatic heterocycles. The molecule has 7 heteroatoms. The van der Waals surface area contributed by atoms with Crippen LogP contribution in [-0.4, -0.2) is 21.4 Å². The number of carbonyl (C=O) groups excluding carboxylic acids is 2. The molecular weight excluding hydrogens is 252 g/mol. The van der Waals surface area contributed by atoms with E-state index in [4.69, 9.17) is 4.74 Å². The Bertz CT molecular complexity index is 701. The normalized spacial score (nSPS) is 10.4. The van der Waals surface area contributed by atoms with Crippen molar-refractivity contribution in [1.29, 1.82) is 0 Å². The molecule has 1 heterocycles. The molecule has 0 N–H and O–H groups in total. The third-order valence-electron chi connectivity index (χ3n) is 2.56. The van der Waals surface area contributed by atoms with Gasteiger partial charge in [-0.1, -0.05) is 0 Å². The summed E-state index contributed by atoms with van der Waals surface area (Å²) in [5.74, 6) is -0.715. The Kier molecular flexibility index (Phi) is 3.04. The van der Waals surface area contributed by atoms with Crippen LogP contribution < -0.4 is 4.74 Å². The molecule has 0 atom stereocenters. The standard InChI is InChI=1S/C12H10N2O5/c1-7(15)13-6-12(19-8(2)16)10-5-9(14(17)18)3-4-11(10)13/h3-6H,1-2H3. The molecular formula is C12H10N2O5. The second-order valence-electron chi connectivity index (χ2n) is 3.93. The van der Waals surface area contributed by atoms with Crippen LogP contribution in [-0.2, 0) is 4.79 Å². The van der Waals surface area contributed by atoms with Gasteiger partial charge in [-0.05, 0) is 6.07 Å². The lowest BCUT2D eigenvalue weighted by Crippen LogP contribution is -2.03. The number of hydrogen-bond acceptors (Lipinski definition) is 5. The Hall–Kier alpha value is -2.70. The molecule has 19 heavy (non-hydrogen) atoms. The smallest absolute Gasteiger partial charge is 0.308 e. The lowest BCUT2D eigenvalue weighted by Gasteiger charge is -1.98. The molecule has 0 amide bonds. The van der Waals surface area contributed by atoms with Crippen LogP contribution in [0.25, 0.3) is 10.9 Å². The first-order chi connectivity index (χ1) is 8.90. The second-order valence-corrected chi connectivity index (χ2v) is 3.93. The molecule has 0 fully saturated rings. The number of aromatic nitrogens is 1. The summed E-state index contributed by atoms with van der Waals surface area (Å²) < 4.78 is 6.23. The van der Waals surface area contributed by atoms with Crippen LogP contribution in [0, 0.1) is 10.1 Å². The number of nitro benzene ring substituents is 1. The molecule has 0 radical (unpaired) electrons. The zero-order chi connectivity index (χ0) is 14.2. The Morgan fingerprint density at radius 3 is 2.53 bits per heavy atom. The van der Waals surface area contributed by atoms with Crippen LogP contribution in [0.1, 0.15) is 18.6 Å². The molecule has 0 aliphatic carbocycles. The number of nitrogens with zero attached hydrogens (tertiary/aromatic N) is 2. The van der Waals surface area contributed by atoms with E-state index in [0.717, 1.165) is 0 Å². The molecule has 0 aliphatic rings. The Labute approximate surface area is 107 Å². The van der Waals surface area contributed by atoms with Crippen LogP contribution in [0.15, 0.2) is 24.4 Å². The van der Waals surface area contributed by atoms with Gasteiger partial charge in [0.15, 0.2) is 5.75 Å². The number of fused-ring (bicyclic) bond motifs is 1. The zero-order valence-corrected chi connectivity index (χ0v) is 10.2. The lowest BCUT2D eigenvalue weighted by atomic mass is 10.2. The number of ether oxygens (including phenoxy) is 1. The average Bonchev–Trinajstić information content (AvgIpc) is 2.67. The summed E-state index contributed by atoms with van der Waals surface area (Å²) in [4.78, 5) is 32.7. The number of non-ortho nitro benzene ring substituents is 1. The Morgan fingerprint density at radius 2 is 2.00 bits per heavy atom. The first kappa shape index (κ1) is 12.7. The fourth-order valence-electron chi connectivity index (χ4n) is 1.80. The lowest BCUT2D eigenvalue weighted by molar-refractivity contribution is -0.384. The number of nitro groups is 1. The molecule has 0 unspecified atom stereocenters. The van der Waals surface area contributed by atoms with Crippen molar-refractivity contribution in [2.75, 3.05) is 0 Å². The van der Waals surface area contributed by atoms with Gasteiger partial charge < -0.3 is 4.74 Å². The van der Waals surface area contributed by atoms with Crippen molar-refractivity contribution in [2.45, 2.75) is 13.8 Å². The SMILES string of the molecule is CC(=O)Oc1cn(C(C)=O)c2ccc([N+](=O)[O-])cc12. The van der Waals surface area contributed by atoms with Crippen molar-refractivity contribution in [1.82, 2.24) is 4.57 Å². The Morgan fingerprint density at radius 1 is 1.32 bits per heavy atom. The molecule has 1 aromatic carbocycles. The highest BCUT2D eigenvalue weighted by Crippen LogP contribution is 2.31. The van der Waals surface area contributed by atoms with E-state index in [1.54, 1.807) is 0 Å². The highest BCUT2D eigenvalue weighted by Gasteiger charge is 2.17. The molecule has 0 saturated heterocycles. The minimum atomic E-state index is -0.561. The van der Waals surface area contributed by atoms with E-state index in [1.807, 2.05) is 0 Å². The molecule has 2 rings (SSSR count). The summed E-state index contributed by atoms with van der Waals surface area (Å²) in [5.41, 5.74) is 0.316. The average molecular weight is 262 g/mol. The van der Waals surface area contributed by atoms with E-state index in [1.165, 1.54) is 42.8 Å². The summed E-state index contributed by atoms with van der Waals surface area (Å²) in [6, 6.07) is 4.01. The van der Waals surface area contributed by atoms with E-state index in [2.05, 4.69) is 0 Å². The maximum absolute atomic E-state index is 11.5. The molecule has 98 valence electrons. The summed E-state index contributed by atoms with van der Waals surface area (Å²) in [6.07, 6.45) is 1.35. The quantitative estimate of drug-likeness (QED) is 0.469. The van der Waals surface area contributed by atoms with Crippen molar-refractivity contribution in [2.24, 2.45) is 0 Å². The zero-order valence-electron chi connectivity index (χ0n) is 10.2. The maximum atomic E-state index is 11.5. The first-order valence-corrected chi connectivity index (χ1v) is 5.39. The van der Waals surface area contributed by atoms with Crippen LogP contribution in [0.3, 0.4) is 0 Å². The number of benzene rings is 1. The van der Waals surface area contributed by atoms with Crippen molar-refractivity contribution >= 4 is 28.5 Å². The molecule has 0 saturated carbocycles. The number of esters is 1. The van der Waals surface area contributed by atoms with Gasteiger partial charge in [0.05, 0.1) is 16.6 Å². The minimum absolute atomic E-state index is 0.126. The van der Waals surface area contributed by atoms with Gasteiger partial charge in [-0.25, -0.2) is 0 Å². The van der Waals surface area contributed by atoms with Gasteiger partial charge in [0, 0.05) is 31.4 Å². The third kappa shape index (κ3) is 2.30. The van der Waals surface area contributed by atoms with Crippen LogP contribution in [0.2, 0.25) is 0 Å². The molecule has 7 nitrogen and oxygen atoms in total. The van der Waals surface area contributed by atoms with E-state index in [9.17, 15) is 19.7 Å². The van der Waals surface area contributed by atoms with Crippen molar-refractivity contribution in [3.05, 3.63) is 34.5 Å². The summed E-state index contributed by atoms with van der Waals surface area (Å²) in [5, 5.41) is 11.1. The van der Waals surface area contributed by atoms with Gasteiger partial charge in [-0.2, -0.15) is 0 Å². The molecule has 0 bridgehead atoms. The first-order valence-electron chi connectivity index (χ1n) is 5.39. The van der Waals surface area contributed by atoms with Crippen LogP contribution >= 0.6 is 0 Å². The van der Waals surface area contributed by atoms with E-state index < -0.39 is 10.9 Å². The van der Waals surface area contributed by atoms with E-state index in [0.29, 0.717) is 10.9 Å². The maximum Gasteiger partial charge on any atom is 0.308 e. The predicted molar refractivity (Wildman–Crippen MR) is 66.2 cm³/mol. The van der Waals surface area contributed by atoms with Gasteiger partial charge in [-0.15, -0.1) is 0 Å². The minimum Gasteiger partial charge on any atom is -0.424 e. The summed E-state index contributed by atoms with van der Waals surface area (Å²) in [7, 11) is 0. The van der Waals surface area contributed by atoms with Gasteiger partial charge in [0.1, 0.15) is 0 Å². The number of carbonyl (C=O) groups is 2. The molecule has 0 spiro atoms. The fraction of sp³-hybridized carbons (Fsp3) is 0.167. The summed E-state index contributed by atoms with van der Waals surface area (Å²) in [6.45, 7) is 2.56.